The molecule has 0 aromatic heterocycles. The Kier molecular flexibility index (Phi) is 6.43. The number of amides is 1. The lowest BCUT2D eigenvalue weighted by molar-refractivity contribution is -0.140. The van der Waals surface area contributed by atoms with Crippen LogP contribution in [-0.2, 0) is 19.4 Å². The molecule has 0 bridgehead atoms. The van der Waals surface area contributed by atoms with Gasteiger partial charge in [0.25, 0.3) is 5.91 Å². The molecule has 0 spiro atoms. The van der Waals surface area contributed by atoms with E-state index in [0.29, 0.717) is 12.0 Å². The lowest BCUT2D eigenvalue weighted by Crippen LogP contribution is -2.50. The number of carbonyl (C=O) groups is 2. The van der Waals surface area contributed by atoms with Crippen LogP contribution in [0.4, 0.5) is 0 Å². The molecule has 6 nitrogen and oxygen atoms in total. The number of sulfone groups is 1. The van der Waals surface area contributed by atoms with Gasteiger partial charge in [-0.1, -0.05) is 37.0 Å². The van der Waals surface area contributed by atoms with Crippen LogP contribution in [0.25, 0.3) is 0 Å². The molecule has 7 heteroatoms. The van der Waals surface area contributed by atoms with Crippen molar-refractivity contribution in [3.8, 4) is 0 Å². The van der Waals surface area contributed by atoms with Crippen molar-refractivity contribution in [3.05, 3.63) is 34.9 Å². The van der Waals surface area contributed by atoms with E-state index in [-0.39, 0.29) is 36.1 Å². The fourth-order valence-corrected chi connectivity index (χ4v) is 6.09. The maximum Gasteiger partial charge on any atom is 0.338 e. The molecule has 2 fully saturated rings. The van der Waals surface area contributed by atoms with E-state index in [9.17, 15) is 18.0 Å². The van der Waals surface area contributed by atoms with Gasteiger partial charge in [-0.2, -0.15) is 0 Å². The summed E-state index contributed by atoms with van der Waals surface area (Å²) >= 11 is 0. The molecule has 1 atom stereocenters. The number of hydrogen-bond acceptors (Lipinski definition) is 5. The third-order valence-corrected chi connectivity index (χ3v) is 7.54. The van der Waals surface area contributed by atoms with Crippen LogP contribution in [0.1, 0.15) is 60.0 Å². The van der Waals surface area contributed by atoms with Crippen molar-refractivity contribution >= 4 is 21.7 Å². The van der Waals surface area contributed by atoms with Gasteiger partial charge < -0.3 is 9.64 Å². The molecule has 1 amide bonds. The van der Waals surface area contributed by atoms with Crippen LogP contribution < -0.4 is 0 Å². The second-order valence-electron chi connectivity index (χ2n) is 8.04. The number of ether oxygens (including phenoxy) is 1. The maximum absolute atomic E-state index is 13.0. The second kappa shape index (κ2) is 8.64. The average Bonchev–Trinajstić information content (AvgIpc) is 3.00. The van der Waals surface area contributed by atoms with Crippen molar-refractivity contribution < 1.29 is 22.7 Å². The van der Waals surface area contributed by atoms with E-state index >= 15 is 0 Å². The lowest BCUT2D eigenvalue weighted by Gasteiger charge is -2.38. The van der Waals surface area contributed by atoms with Crippen molar-refractivity contribution in [2.75, 3.05) is 18.1 Å². The molecule has 1 aliphatic heterocycles. The van der Waals surface area contributed by atoms with E-state index in [1.54, 1.807) is 11.0 Å². The van der Waals surface area contributed by atoms with Crippen molar-refractivity contribution in [3.63, 3.8) is 0 Å². The summed E-state index contributed by atoms with van der Waals surface area (Å²) in [7, 11) is -3.10. The number of aryl methyl sites for hydroxylation is 2. The Hall–Kier alpha value is -1.89. The molecule has 28 heavy (non-hydrogen) atoms. The Morgan fingerprint density at radius 2 is 1.79 bits per heavy atom. The largest absolute Gasteiger partial charge is 0.452 e. The molecular formula is C21H29NO5S. The van der Waals surface area contributed by atoms with Crippen molar-refractivity contribution in [2.24, 2.45) is 0 Å². The first kappa shape index (κ1) is 20.8. The van der Waals surface area contributed by atoms with Crippen LogP contribution in [0, 0.1) is 13.8 Å². The molecular weight excluding hydrogens is 378 g/mol. The smallest absolute Gasteiger partial charge is 0.338 e. The summed E-state index contributed by atoms with van der Waals surface area (Å²) < 4.78 is 29.2. The summed E-state index contributed by atoms with van der Waals surface area (Å²) in [6.07, 6.45) is 5.45. The number of nitrogens with zero attached hydrogens (tertiary/aromatic N) is 1. The van der Waals surface area contributed by atoms with E-state index in [0.717, 1.165) is 43.2 Å². The molecule has 1 aromatic carbocycles. The van der Waals surface area contributed by atoms with Gasteiger partial charge in [0.15, 0.2) is 16.4 Å². The minimum atomic E-state index is -3.10. The minimum absolute atomic E-state index is 0.0141. The van der Waals surface area contributed by atoms with Crippen LogP contribution in [0.15, 0.2) is 18.2 Å². The van der Waals surface area contributed by atoms with Crippen LogP contribution in [0.5, 0.6) is 0 Å². The SMILES string of the molecule is Cc1ccc(C(=O)OCC(=O)N(C2CCCCC2)[C@H]2CCS(=O)(=O)C2)c(C)c1. The van der Waals surface area contributed by atoms with Crippen molar-refractivity contribution in [1.82, 2.24) is 4.90 Å². The second-order valence-corrected chi connectivity index (χ2v) is 10.3. The summed E-state index contributed by atoms with van der Waals surface area (Å²) in [5.74, 6) is -0.669. The Morgan fingerprint density at radius 3 is 2.39 bits per heavy atom. The highest BCUT2D eigenvalue weighted by atomic mass is 32.2. The van der Waals surface area contributed by atoms with Gasteiger partial charge in [-0.3, -0.25) is 4.79 Å². The Morgan fingerprint density at radius 1 is 1.07 bits per heavy atom. The van der Waals surface area contributed by atoms with E-state index in [1.807, 2.05) is 26.0 Å². The van der Waals surface area contributed by atoms with E-state index in [2.05, 4.69) is 0 Å². The van der Waals surface area contributed by atoms with Gasteiger partial charge in [0.1, 0.15) is 0 Å². The highest BCUT2D eigenvalue weighted by molar-refractivity contribution is 7.91. The highest BCUT2D eigenvalue weighted by Gasteiger charge is 2.38. The fourth-order valence-electron chi connectivity index (χ4n) is 4.38. The molecule has 1 saturated carbocycles. The lowest BCUT2D eigenvalue weighted by atomic mass is 9.93. The predicted octanol–water partition coefficient (Wildman–Crippen LogP) is 2.81. The quantitative estimate of drug-likeness (QED) is 0.701. The van der Waals surface area contributed by atoms with Crippen LogP contribution in [0.3, 0.4) is 0 Å². The first-order valence-corrected chi connectivity index (χ1v) is 11.8. The van der Waals surface area contributed by atoms with Gasteiger partial charge >= 0.3 is 5.97 Å². The molecule has 0 radical (unpaired) electrons. The number of carbonyl (C=O) groups excluding carboxylic acids is 2. The van der Waals surface area contributed by atoms with Crippen LogP contribution >= 0.6 is 0 Å². The predicted molar refractivity (Wildman–Crippen MR) is 107 cm³/mol. The minimum Gasteiger partial charge on any atom is -0.452 e. The van der Waals surface area contributed by atoms with E-state index in [1.165, 1.54) is 0 Å². The molecule has 2 aliphatic rings. The van der Waals surface area contributed by atoms with Gasteiger partial charge in [0.05, 0.1) is 17.1 Å². The Bertz CT molecular complexity index is 842. The summed E-state index contributed by atoms with van der Waals surface area (Å²) in [6.45, 7) is 3.44. The molecule has 3 rings (SSSR count). The van der Waals surface area contributed by atoms with Gasteiger partial charge in [0, 0.05) is 12.1 Å². The molecule has 0 unspecified atom stereocenters. The molecule has 1 heterocycles. The molecule has 154 valence electrons. The van der Waals surface area contributed by atoms with E-state index in [4.69, 9.17) is 4.74 Å². The summed E-state index contributed by atoms with van der Waals surface area (Å²) in [5, 5.41) is 0. The molecule has 1 aliphatic carbocycles. The molecule has 1 saturated heterocycles. The number of benzene rings is 1. The molecule has 0 N–H and O–H groups in total. The number of rotatable bonds is 5. The van der Waals surface area contributed by atoms with E-state index < -0.39 is 15.8 Å². The van der Waals surface area contributed by atoms with Crippen molar-refractivity contribution in [2.45, 2.75) is 64.5 Å². The zero-order valence-electron chi connectivity index (χ0n) is 16.6. The first-order chi connectivity index (χ1) is 13.3. The van der Waals surface area contributed by atoms with Gasteiger partial charge in [-0.15, -0.1) is 0 Å². The zero-order valence-corrected chi connectivity index (χ0v) is 17.5. The maximum atomic E-state index is 13.0. The van der Waals surface area contributed by atoms with Gasteiger partial charge in [-0.25, -0.2) is 13.2 Å². The first-order valence-electron chi connectivity index (χ1n) is 10.0. The summed E-state index contributed by atoms with van der Waals surface area (Å²) in [4.78, 5) is 27.1. The highest BCUT2D eigenvalue weighted by Crippen LogP contribution is 2.28. The topological polar surface area (TPSA) is 80.8 Å². The van der Waals surface area contributed by atoms with Gasteiger partial charge in [-0.05, 0) is 44.7 Å². The number of hydrogen-bond donors (Lipinski definition) is 0. The standard InChI is InChI=1S/C21H29NO5S/c1-15-8-9-19(16(2)12-15)21(24)27-13-20(23)22(17-6-4-3-5-7-17)18-10-11-28(25,26)14-18/h8-9,12,17-18H,3-7,10-11,13-14H2,1-2H3/t18-/m0/s1. The fraction of sp³-hybridized carbons (Fsp3) is 0.619. The summed E-state index contributed by atoms with van der Waals surface area (Å²) in [5.41, 5.74) is 2.31. The summed E-state index contributed by atoms with van der Waals surface area (Å²) in [6, 6.07) is 5.18. The Balaban J connectivity index is 1.69. The van der Waals surface area contributed by atoms with Crippen LogP contribution in [-0.4, -0.2) is 55.4 Å². The zero-order chi connectivity index (χ0) is 20.3. The van der Waals surface area contributed by atoms with Crippen LogP contribution in [0.2, 0.25) is 0 Å². The van der Waals surface area contributed by atoms with Gasteiger partial charge in [0.2, 0.25) is 0 Å². The number of esters is 1. The normalized spacial score (nSPS) is 22.0. The van der Waals surface area contributed by atoms with Crippen molar-refractivity contribution in [1.29, 1.82) is 0 Å². The Labute approximate surface area is 167 Å². The molecule has 1 aromatic rings. The average molecular weight is 408 g/mol. The third kappa shape index (κ3) is 4.93. The third-order valence-electron chi connectivity index (χ3n) is 5.79. The monoisotopic (exact) mass is 407 g/mol.